The van der Waals surface area contributed by atoms with E-state index in [4.69, 9.17) is 0 Å². The topological polar surface area (TPSA) is 43.8 Å². The van der Waals surface area contributed by atoms with Crippen molar-refractivity contribution < 1.29 is 9.90 Å². The fraction of sp³-hybridized carbons (Fsp3) is 0.588. The van der Waals surface area contributed by atoms with Gasteiger partial charge in [0.1, 0.15) is 5.54 Å². The molecule has 114 valence electrons. The summed E-state index contributed by atoms with van der Waals surface area (Å²) in [5, 5.41) is 9.83. The van der Waals surface area contributed by atoms with E-state index in [1.807, 2.05) is 18.2 Å². The lowest BCUT2D eigenvalue weighted by molar-refractivity contribution is -0.151. The molecule has 0 aromatic heterocycles. The number of likely N-dealkylation sites (tertiary alicyclic amines) is 2. The summed E-state index contributed by atoms with van der Waals surface area (Å²) < 4.78 is 0. The SMILES string of the molecule is O=C(O)C1(N2CCCCC2)CCN(Cc2ccccc2)C1. The molecular weight excluding hydrogens is 264 g/mol. The Labute approximate surface area is 126 Å². The number of piperidine rings is 1. The van der Waals surface area contributed by atoms with Crippen LogP contribution in [0.1, 0.15) is 31.2 Å². The lowest BCUT2D eigenvalue weighted by Gasteiger charge is -2.40. The van der Waals surface area contributed by atoms with Crippen LogP contribution in [0.25, 0.3) is 0 Å². The summed E-state index contributed by atoms with van der Waals surface area (Å²) in [4.78, 5) is 16.5. The van der Waals surface area contributed by atoms with Crippen LogP contribution < -0.4 is 0 Å². The van der Waals surface area contributed by atoms with E-state index in [1.54, 1.807) is 0 Å². The first-order valence-electron chi connectivity index (χ1n) is 7.95. The molecule has 4 heteroatoms. The molecule has 2 heterocycles. The fourth-order valence-corrected chi connectivity index (χ4v) is 3.74. The minimum absolute atomic E-state index is 0.639. The van der Waals surface area contributed by atoms with Crippen LogP contribution in [-0.2, 0) is 11.3 Å². The highest BCUT2D eigenvalue weighted by atomic mass is 16.4. The van der Waals surface area contributed by atoms with E-state index in [-0.39, 0.29) is 0 Å². The molecule has 0 radical (unpaired) electrons. The largest absolute Gasteiger partial charge is 0.480 e. The summed E-state index contributed by atoms with van der Waals surface area (Å²) in [5.74, 6) is -0.639. The summed E-state index contributed by atoms with van der Waals surface area (Å²) in [6.45, 7) is 4.25. The van der Waals surface area contributed by atoms with Gasteiger partial charge in [-0.05, 0) is 37.9 Å². The summed E-state index contributed by atoms with van der Waals surface area (Å²) >= 11 is 0. The number of carboxylic acids is 1. The number of hydrogen-bond acceptors (Lipinski definition) is 3. The fourth-order valence-electron chi connectivity index (χ4n) is 3.74. The molecule has 21 heavy (non-hydrogen) atoms. The highest BCUT2D eigenvalue weighted by Gasteiger charge is 2.49. The Morgan fingerprint density at radius 1 is 1.10 bits per heavy atom. The van der Waals surface area contributed by atoms with Crippen molar-refractivity contribution in [1.29, 1.82) is 0 Å². The molecule has 2 saturated heterocycles. The molecule has 4 nitrogen and oxygen atoms in total. The van der Waals surface area contributed by atoms with Gasteiger partial charge in [0.15, 0.2) is 0 Å². The maximum absolute atomic E-state index is 12.0. The van der Waals surface area contributed by atoms with E-state index in [0.29, 0.717) is 6.54 Å². The van der Waals surface area contributed by atoms with E-state index >= 15 is 0 Å². The van der Waals surface area contributed by atoms with Gasteiger partial charge in [0.25, 0.3) is 0 Å². The van der Waals surface area contributed by atoms with Gasteiger partial charge in [-0.1, -0.05) is 36.8 Å². The zero-order valence-corrected chi connectivity index (χ0v) is 12.5. The molecule has 0 amide bonds. The monoisotopic (exact) mass is 288 g/mol. The molecule has 1 N–H and O–H groups in total. The quantitative estimate of drug-likeness (QED) is 0.922. The third kappa shape index (κ3) is 2.97. The Kier molecular flexibility index (Phi) is 4.27. The van der Waals surface area contributed by atoms with Crippen molar-refractivity contribution in [3.05, 3.63) is 35.9 Å². The number of nitrogens with zero attached hydrogens (tertiary/aromatic N) is 2. The molecule has 1 atom stereocenters. The second-order valence-electron chi connectivity index (χ2n) is 6.33. The summed E-state index contributed by atoms with van der Waals surface area (Å²) in [6.07, 6.45) is 4.25. The summed E-state index contributed by atoms with van der Waals surface area (Å²) in [7, 11) is 0. The highest BCUT2D eigenvalue weighted by molar-refractivity contribution is 5.79. The zero-order chi connectivity index (χ0) is 14.7. The molecule has 3 rings (SSSR count). The molecule has 0 aliphatic carbocycles. The van der Waals surface area contributed by atoms with Crippen LogP contribution in [0.3, 0.4) is 0 Å². The number of benzene rings is 1. The smallest absolute Gasteiger partial charge is 0.325 e. The molecule has 1 aromatic rings. The number of hydrogen-bond donors (Lipinski definition) is 1. The van der Waals surface area contributed by atoms with Gasteiger partial charge in [0.05, 0.1) is 0 Å². The van der Waals surface area contributed by atoms with E-state index in [0.717, 1.165) is 45.4 Å². The van der Waals surface area contributed by atoms with Gasteiger partial charge in [0, 0.05) is 19.6 Å². The number of aliphatic carboxylic acids is 1. The summed E-state index contributed by atoms with van der Waals surface area (Å²) in [6, 6.07) is 10.3. The molecule has 1 aromatic carbocycles. The van der Waals surface area contributed by atoms with Crippen molar-refractivity contribution in [2.75, 3.05) is 26.2 Å². The highest BCUT2D eigenvalue weighted by Crippen LogP contribution is 2.32. The van der Waals surface area contributed by atoms with E-state index in [9.17, 15) is 9.90 Å². The second kappa shape index (κ2) is 6.16. The Morgan fingerprint density at radius 2 is 1.81 bits per heavy atom. The number of carbonyl (C=O) groups is 1. The van der Waals surface area contributed by atoms with Crippen LogP contribution in [0.2, 0.25) is 0 Å². The maximum atomic E-state index is 12.0. The lowest BCUT2D eigenvalue weighted by Crippen LogP contribution is -2.57. The zero-order valence-electron chi connectivity index (χ0n) is 12.5. The summed E-state index contributed by atoms with van der Waals surface area (Å²) in [5.41, 5.74) is 0.604. The van der Waals surface area contributed by atoms with E-state index in [1.165, 1.54) is 12.0 Å². The Balaban J connectivity index is 1.71. The minimum atomic E-state index is -0.658. The molecule has 0 bridgehead atoms. The molecule has 0 spiro atoms. The first-order chi connectivity index (χ1) is 10.2. The van der Waals surface area contributed by atoms with E-state index in [2.05, 4.69) is 21.9 Å². The average Bonchev–Trinajstić information content (AvgIpc) is 2.94. The normalized spacial score (nSPS) is 27.8. The van der Waals surface area contributed by atoms with Crippen molar-refractivity contribution >= 4 is 5.97 Å². The molecule has 1 unspecified atom stereocenters. The van der Waals surface area contributed by atoms with Crippen LogP contribution in [0.4, 0.5) is 0 Å². The van der Waals surface area contributed by atoms with Crippen molar-refractivity contribution in [2.24, 2.45) is 0 Å². The van der Waals surface area contributed by atoms with Gasteiger partial charge >= 0.3 is 5.97 Å². The van der Waals surface area contributed by atoms with Crippen LogP contribution in [0.15, 0.2) is 30.3 Å². The van der Waals surface area contributed by atoms with Crippen LogP contribution in [0.5, 0.6) is 0 Å². The van der Waals surface area contributed by atoms with Gasteiger partial charge < -0.3 is 5.11 Å². The van der Waals surface area contributed by atoms with Gasteiger partial charge in [-0.3, -0.25) is 14.6 Å². The average molecular weight is 288 g/mol. The second-order valence-corrected chi connectivity index (χ2v) is 6.33. The van der Waals surface area contributed by atoms with Crippen LogP contribution in [0, 0.1) is 0 Å². The van der Waals surface area contributed by atoms with Crippen LogP contribution in [-0.4, -0.2) is 52.6 Å². The maximum Gasteiger partial charge on any atom is 0.325 e. The predicted molar refractivity (Wildman–Crippen MR) is 82.1 cm³/mol. The number of carboxylic acid groups (broad SMARTS) is 1. The van der Waals surface area contributed by atoms with Gasteiger partial charge in [0.2, 0.25) is 0 Å². The predicted octanol–water partition coefficient (Wildman–Crippen LogP) is 2.20. The van der Waals surface area contributed by atoms with Gasteiger partial charge in [-0.25, -0.2) is 0 Å². The van der Waals surface area contributed by atoms with Crippen LogP contribution >= 0.6 is 0 Å². The molecule has 0 saturated carbocycles. The minimum Gasteiger partial charge on any atom is -0.480 e. The number of rotatable bonds is 4. The molecule has 2 fully saturated rings. The third-order valence-electron chi connectivity index (χ3n) is 4.94. The molecular formula is C17H24N2O2. The lowest BCUT2D eigenvalue weighted by atomic mass is 9.93. The molecule has 2 aliphatic rings. The third-order valence-corrected chi connectivity index (χ3v) is 4.94. The standard InChI is InChI=1S/C17H24N2O2/c20-16(21)17(19-10-5-2-6-11-19)9-12-18(14-17)13-15-7-3-1-4-8-15/h1,3-4,7-8H,2,5-6,9-14H2,(H,20,21). The van der Waals surface area contributed by atoms with Crippen molar-refractivity contribution in [1.82, 2.24) is 9.80 Å². The van der Waals surface area contributed by atoms with Crippen molar-refractivity contribution in [3.8, 4) is 0 Å². The van der Waals surface area contributed by atoms with E-state index < -0.39 is 11.5 Å². The van der Waals surface area contributed by atoms with Gasteiger partial charge in [-0.15, -0.1) is 0 Å². The Hall–Kier alpha value is -1.39. The van der Waals surface area contributed by atoms with Gasteiger partial charge in [-0.2, -0.15) is 0 Å². The Bertz CT molecular complexity index is 485. The Morgan fingerprint density at radius 3 is 2.48 bits per heavy atom. The first-order valence-corrected chi connectivity index (χ1v) is 7.95. The van der Waals surface area contributed by atoms with Crippen molar-refractivity contribution in [2.45, 2.75) is 37.8 Å². The molecule has 2 aliphatic heterocycles. The van der Waals surface area contributed by atoms with Crippen molar-refractivity contribution in [3.63, 3.8) is 0 Å². The first kappa shape index (κ1) is 14.5.